The first-order chi connectivity index (χ1) is 8.54. The van der Waals surface area contributed by atoms with Gasteiger partial charge in [0.2, 0.25) is 0 Å². The highest BCUT2D eigenvalue weighted by Crippen LogP contribution is 2.38. The predicted octanol–water partition coefficient (Wildman–Crippen LogP) is 4.58. The Morgan fingerprint density at radius 1 is 1.39 bits per heavy atom. The largest absolute Gasteiger partial charge is 0.367 e. The molecular formula is C15H19BrN2. The Balaban J connectivity index is 2.17. The van der Waals surface area contributed by atoms with E-state index in [0.29, 0.717) is 5.92 Å². The van der Waals surface area contributed by atoms with E-state index in [9.17, 15) is 5.26 Å². The lowest BCUT2D eigenvalue weighted by Crippen LogP contribution is -2.43. The molecule has 1 saturated carbocycles. The molecule has 0 amide bonds. The van der Waals surface area contributed by atoms with Gasteiger partial charge >= 0.3 is 0 Å². The molecule has 3 atom stereocenters. The van der Waals surface area contributed by atoms with E-state index in [2.05, 4.69) is 41.2 Å². The molecule has 2 rings (SSSR count). The lowest BCUT2D eigenvalue weighted by Gasteiger charge is -2.39. The highest BCUT2D eigenvalue weighted by Gasteiger charge is 2.37. The molecule has 96 valence electrons. The highest BCUT2D eigenvalue weighted by molar-refractivity contribution is 9.10. The number of hydrogen-bond acceptors (Lipinski definition) is 2. The van der Waals surface area contributed by atoms with Crippen molar-refractivity contribution in [1.29, 1.82) is 5.26 Å². The van der Waals surface area contributed by atoms with Crippen molar-refractivity contribution in [2.75, 3.05) is 5.32 Å². The van der Waals surface area contributed by atoms with Gasteiger partial charge in [0.05, 0.1) is 6.07 Å². The van der Waals surface area contributed by atoms with Crippen molar-refractivity contribution in [3.63, 3.8) is 0 Å². The van der Waals surface area contributed by atoms with Gasteiger partial charge < -0.3 is 5.32 Å². The summed E-state index contributed by atoms with van der Waals surface area (Å²) in [6.45, 7) is 4.53. The minimum atomic E-state index is -0.396. The molecule has 0 radical (unpaired) electrons. The van der Waals surface area contributed by atoms with Crippen LogP contribution < -0.4 is 5.32 Å². The van der Waals surface area contributed by atoms with Crippen LogP contribution in [0.2, 0.25) is 0 Å². The van der Waals surface area contributed by atoms with E-state index in [-0.39, 0.29) is 0 Å². The number of hydrogen-bond donors (Lipinski definition) is 1. The number of anilines is 1. The van der Waals surface area contributed by atoms with Crippen molar-refractivity contribution >= 4 is 21.6 Å². The maximum atomic E-state index is 9.55. The second-order valence-electron chi connectivity index (χ2n) is 5.53. The summed E-state index contributed by atoms with van der Waals surface area (Å²) >= 11 is 3.47. The summed E-state index contributed by atoms with van der Waals surface area (Å²) in [4.78, 5) is 0. The zero-order valence-corrected chi connectivity index (χ0v) is 12.5. The van der Waals surface area contributed by atoms with Gasteiger partial charge in [-0.15, -0.1) is 0 Å². The van der Waals surface area contributed by atoms with Crippen LogP contribution in [-0.2, 0) is 0 Å². The highest BCUT2D eigenvalue weighted by atomic mass is 79.9. The Morgan fingerprint density at radius 2 is 2.17 bits per heavy atom. The first kappa shape index (κ1) is 13.4. The van der Waals surface area contributed by atoms with Gasteiger partial charge in [0.1, 0.15) is 5.54 Å². The third-order valence-electron chi connectivity index (χ3n) is 4.09. The van der Waals surface area contributed by atoms with Crippen molar-refractivity contribution in [3.05, 3.63) is 28.7 Å². The number of nitrogens with one attached hydrogen (secondary N) is 1. The summed E-state index contributed by atoms with van der Waals surface area (Å²) in [6, 6.07) is 10.5. The molecule has 0 spiro atoms. The molecule has 1 aromatic carbocycles. The Hall–Kier alpha value is -1.01. The smallest absolute Gasteiger partial charge is 0.125 e. The molecule has 1 aliphatic carbocycles. The first-order valence-corrected chi connectivity index (χ1v) is 7.29. The molecule has 3 unspecified atom stereocenters. The predicted molar refractivity (Wildman–Crippen MR) is 78.3 cm³/mol. The summed E-state index contributed by atoms with van der Waals surface area (Å²) in [5.74, 6) is 1.31. The van der Waals surface area contributed by atoms with E-state index in [1.54, 1.807) is 0 Å². The zero-order chi connectivity index (χ0) is 13.2. The molecule has 1 N–H and O–H groups in total. The molecule has 2 nitrogen and oxygen atoms in total. The van der Waals surface area contributed by atoms with Crippen molar-refractivity contribution in [3.8, 4) is 6.07 Å². The van der Waals surface area contributed by atoms with Crippen LogP contribution in [0, 0.1) is 23.2 Å². The summed E-state index contributed by atoms with van der Waals surface area (Å²) in [6.07, 6.45) is 2.98. The fourth-order valence-corrected chi connectivity index (χ4v) is 3.10. The summed E-state index contributed by atoms with van der Waals surface area (Å²) < 4.78 is 1.04. The number of nitrogens with zero attached hydrogens (tertiary/aromatic N) is 1. The van der Waals surface area contributed by atoms with Gasteiger partial charge in [-0.3, -0.25) is 0 Å². The Morgan fingerprint density at radius 3 is 2.78 bits per heavy atom. The Bertz CT molecular complexity index is 466. The van der Waals surface area contributed by atoms with Crippen molar-refractivity contribution in [2.45, 2.75) is 38.6 Å². The minimum Gasteiger partial charge on any atom is -0.367 e. The van der Waals surface area contributed by atoms with E-state index < -0.39 is 5.54 Å². The lowest BCUT2D eigenvalue weighted by molar-refractivity contribution is 0.226. The van der Waals surface area contributed by atoms with Crippen molar-refractivity contribution in [1.82, 2.24) is 0 Å². The van der Waals surface area contributed by atoms with E-state index in [0.717, 1.165) is 35.3 Å². The second kappa shape index (κ2) is 5.32. The van der Waals surface area contributed by atoms with Crippen LogP contribution in [0.3, 0.4) is 0 Å². The maximum Gasteiger partial charge on any atom is 0.125 e. The molecule has 1 aliphatic rings. The third-order valence-corrected chi connectivity index (χ3v) is 4.58. The fraction of sp³-hybridized carbons (Fsp3) is 0.533. The van der Waals surface area contributed by atoms with E-state index >= 15 is 0 Å². The van der Waals surface area contributed by atoms with E-state index in [1.165, 1.54) is 0 Å². The average Bonchev–Trinajstić information content (AvgIpc) is 2.34. The standard InChI is InChI=1S/C15H19BrN2/c1-11-6-7-15(10-17,9-12(11)2)18-14-5-3-4-13(16)8-14/h3-5,8,11-12,18H,6-7,9H2,1-2H3. The number of halogens is 1. The van der Waals surface area contributed by atoms with Crippen molar-refractivity contribution < 1.29 is 0 Å². The van der Waals surface area contributed by atoms with Crippen LogP contribution in [0.4, 0.5) is 5.69 Å². The van der Waals surface area contributed by atoms with Gasteiger partial charge in [0, 0.05) is 10.2 Å². The molecule has 3 heteroatoms. The van der Waals surface area contributed by atoms with Gasteiger partial charge in [-0.05, 0) is 49.3 Å². The topological polar surface area (TPSA) is 35.8 Å². The average molecular weight is 307 g/mol. The van der Waals surface area contributed by atoms with E-state index in [4.69, 9.17) is 0 Å². The molecule has 0 aliphatic heterocycles. The van der Waals surface area contributed by atoms with Crippen LogP contribution in [0.1, 0.15) is 33.1 Å². The van der Waals surface area contributed by atoms with Crippen LogP contribution in [-0.4, -0.2) is 5.54 Å². The van der Waals surface area contributed by atoms with E-state index in [1.807, 2.05) is 24.3 Å². The monoisotopic (exact) mass is 306 g/mol. The van der Waals surface area contributed by atoms with Crippen LogP contribution in [0.5, 0.6) is 0 Å². The van der Waals surface area contributed by atoms with Crippen LogP contribution in [0.25, 0.3) is 0 Å². The number of nitriles is 1. The summed E-state index contributed by atoms with van der Waals surface area (Å²) in [7, 11) is 0. The molecule has 0 heterocycles. The Labute approximate surface area is 118 Å². The molecule has 1 fully saturated rings. The van der Waals surface area contributed by atoms with Crippen LogP contribution >= 0.6 is 15.9 Å². The number of benzene rings is 1. The fourth-order valence-electron chi connectivity index (χ4n) is 2.70. The van der Waals surface area contributed by atoms with Gasteiger partial charge in [0.15, 0.2) is 0 Å². The molecular weight excluding hydrogens is 288 g/mol. The molecule has 0 bridgehead atoms. The van der Waals surface area contributed by atoms with Crippen molar-refractivity contribution in [2.24, 2.45) is 11.8 Å². The van der Waals surface area contributed by atoms with Gasteiger partial charge in [0.25, 0.3) is 0 Å². The third kappa shape index (κ3) is 2.87. The van der Waals surface area contributed by atoms with Gasteiger partial charge in [-0.25, -0.2) is 0 Å². The molecule has 1 aromatic rings. The quantitative estimate of drug-likeness (QED) is 0.868. The van der Waals surface area contributed by atoms with Gasteiger partial charge in [-0.2, -0.15) is 5.26 Å². The minimum absolute atomic E-state index is 0.396. The summed E-state index contributed by atoms with van der Waals surface area (Å²) in [5, 5.41) is 13.0. The zero-order valence-electron chi connectivity index (χ0n) is 10.9. The molecule has 18 heavy (non-hydrogen) atoms. The second-order valence-corrected chi connectivity index (χ2v) is 6.44. The first-order valence-electron chi connectivity index (χ1n) is 6.50. The molecule has 0 saturated heterocycles. The van der Waals surface area contributed by atoms with Crippen LogP contribution in [0.15, 0.2) is 28.7 Å². The SMILES string of the molecule is CC1CCC(C#N)(Nc2cccc(Br)c2)CC1C. The Kier molecular flexibility index (Phi) is 3.97. The summed E-state index contributed by atoms with van der Waals surface area (Å²) in [5.41, 5.74) is 0.625. The number of rotatable bonds is 2. The maximum absolute atomic E-state index is 9.55. The molecule has 0 aromatic heterocycles. The van der Waals surface area contributed by atoms with Gasteiger partial charge in [-0.1, -0.05) is 35.8 Å². The normalized spacial score (nSPS) is 31.7. The lowest BCUT2D eigenvalue weighted by atomic mass is 9.72.